The first-order chi connectivity index (χ1) is 9.93. The van der Waals surface area contributed by atoms with Crippen molar-refractivity contribution in [3.8, 4) is 0 Å². The van der Waals surface area contributed by atoms with E-state index in [9.17, 15) is 4.79 Å². The molecule has 0 spiro atoms. The number of rotatable bonds is 5. The fraction of sp³-hybridized carbons (Fsp3) is 0.467. The zero-order valence-corrected chi connectivity index (χ0v) is 12.9. The third-order valence-electron chi connectivity index (χ3n) is 3.73. The molecule has 1 N–H and O–H groups in total. The molecule has 0 saturated heterocycles. The van der Waals surface area contributed by atoms with Crippen molar-refractivity contribution in [2.45, 2.75) is 32.1 Å². The summed E-state index contributed by atoms with van der Waals surface area (Å²) in [5.74, 6) is 0.723. The number of H-pyrrole nitrogens is 1. The van der Waals surface area contributed by atoms with Crippen molar-refractivity contribution in [3.63, 3.8) is 0 Å². The van der Waals surface area contributed by atoms with Gasteiger partial charge in [0, 0.05) is 19.5 Å². The van der Waals surface area contributed by atoms with Crippen LogP contribution in [0.4, 0.5) is 0 Å². The second-order valence-corrected chi connectivity index (χ2v) is 5.85. The normalized spacial score (nSPS) is 13.0. The number of carbonyl (C=O) groups excluding carboxylic acids is 1. The summed E-state index contributed by atoms with van der Waals surface area (Å²) in [7, 11) is 1.81. The molecule has 1 amide bonds. The van der Waals surface area contributed by atoms with Crippen LogP contribution in [0.25, 0.3) is 0 Å². The number of amides is 1. The molecule has 21 heavy (non-hydrogen) atoms. The SMILES string of the molecule is C[C@@H](CN(C)C(=O)C(C)(C)c1ccccc1)c1nn[nH]n1. The molecular weight excluding hydrogens is 266 g/mol. The van der Waals surface area contributed by atoms with Crippen LogP contribution in [0.1, 0.15) is 38.1 Å². The second-order valence-electron chi connectivity index (χ2n) is 5.85. The van der Waals surface area contributed by atoms with Crippen LogP contribution in [0.5, 0.6) is 0 Å². The van der Waals surface area contributed by atoms with Gasteiger partial charge in [-0.2, -0.15) is 5.21 Å². The zero-order chi connectivity index (χ0) is 15.5. The number of nitrogens with zero attached hydrogens (tertiary/aromatic N) is 4. The average molecular weight is 287 g/mol. The van der Waals surface area contributed by atoms with Crippen molar-refractivity contribution in [2.24, 2.45) is 0 Å². The molecule has 0 unspecified atom stereocenters. The summed E-state index contributed by atoms with van der Waals surface area (Å²) in [6.45, 7) is 6.42. The van der Waals surface area contributed by atoms with Crippen molar-refractivity contribution in [1.82, 2.24) is 25.5 Å². The van der Waals surface area contributed by atoms with Crippen molar-refractivity contribution >= 4 is 5.91 Å². The van der Waals surface area contributed by atoms with Crippen LogP contribution in [0.15, 0.2) is 30.3 Å². The maximum Gasteiger partial charge on any atom is 0.232 e. The second kappa shape index (κ2) is 6.03. The van der Waals surface area contributed by atoms with Gasteiger partial charge in [-0.1, -0.05) is 42.5 Å². The Labute approximate surface area is 124 Å². The molecule has 1 aromatic heterocycles. The minimum Gasteiger partial charge on any atom is -0.344 e. The summed E-state index contributed by atoms with van der Waals surface area (Å²) in [5, 5.41) is 13.9. The molecule has 0 fully saturated rings. The molecule has 1 heterocycles. The van der Waals surface area contributed by atoms with E-state index in [-0.39, 0.29) is 11.8 Å². The molecule has 0 aliphatic carbocycles. The van der Waals surface area contributed by atoms with E-state index in [1.807, 2.05) is 58.2 Å². The highest BCUT2D eigenvalue weighted by Crippen LogP contribution is 2.26. The van der Waals surface area contributed by atoms with Gasteiger partial charge in [0.2, 0.25) is 5.91 Å². The van der Waals surface area contributed by atoms with E-state index in [0.717, 1.165) is 5.56 Å². The lowest BCUT2D eigenvalue weighted by molar-refractivity contribution is -0.135. The lowest BCUT2D eigenvalue weighted by atomic mass is 9.83. The van der Waals surface area contributed by atoms with E-state index < -0.39 is 5.41 Å². The standard InChI is InChI=1S/C15H21N5O/c1-11(13-16-18-19-17-13)10-20(4)14(21)15(2,3)12-8-6-5-7-9-12/h5-9,11H,10H2,1-4H3,(H,16,17,18,19)/t11-/m0/s1. The lowest BCUT2D eigenvalue weighted by Gasteiger charge is -2.30. The fourth-order valence-electron chi connectivity index (χ4n) is 2.41. The molecule has 0 saturated carbocycles. The Morgan fingerprint density at radius 3 is 2.57 bits per heavy atom. The molecule has 0 aliphatic rings. The number of nitrogens with one attached hydrogen (secondary N) is 1. The third-order valence-corrected chi connectivity index (χ3v) is 3.73. The number of tetrazole rings is 1. The van der Waals surface area contributed by atoms with Gasteiger partial charge in [0.15, 0.2) is 5.82 Å². The highest BCUT2D eigenvalue weighted by molar-refractivity contribution is 5.87. The average Bonchev–Trinajstić information content (AvgIpc) is 3.01. The molecule has 0 aliphatic heterocycles. The summed E-state index contributed by atoms with van der Waals surface area (Å²) in [6, 6.07) is 9.81. The topological polar surface area (TPSA) is 74.8 Å². The smallest absolute Gasteiger partial charge is 0.232 e. The minimum absolute atomic E-state index is 0.0317. The number of benzene rings is 1. The molecule has 0 bridgehead atoms. The van der Waals surface area contributed by atoms with Crippen LogP contribution in [0.3, 0.4) is 0 Å². The van der Waals surface area contributed by atoms with Gasteiger partial charge < -0.3 is 4.90 Å². The first kappa shape index (κ1) is 15.2. The Kier molecular flexibility index (Phi) is 4.35. The highest BCUT2D eigenvalue weighted by Gasteiger charge is 2.33. The molecule has 1 aromatic carbocycles. The molecule has 112 valence electrons. The highest BCUT2D eigenvalue weighted by atomic mass is 16.2. The summed E-state index contributed by atoms with van der Waals surface area (Å²) in [6.07, 6.45) is 0. The van der Waals surface area contributed by atoms with Crippen LogP contribution < -0.4 is 0 Å². The van der Waals surface area contributed by atoms with Gasteiger partial charge >= 0.3 is 0 Å². The van der Waals surface area contributed by atoms with Crippen LogP contribution >= 0.6 is 0 Å². The number of hydrogen-bond donors (Lipinski definition) is 1. The van der Waals surface area contributed by atoms with Gasteiger partial charge in [-0.25, -0.2) is 0 Å². The molecule has 1 atom stereocenters. The van der Waals surface area contributed by atoms with Crippen LogP contribution in [0.2, 0.25) is 0 Å². The number of aromatic amines is 1. The van der Waals surface area contributed by atoms with E-state index in [2.05, 4.69) is 20.6 Å². The maximum atomic E-state index is 12.7. The van der Waals surface area contributed by atoms with Gasteiger partial charge in [-0.05, 0) is 19.4 Å². The van der Waals surface area contributed by atoms with Crippen molar-refractivity contribution in [1.29, 1.82) is 0 Å². The predicted octanol–water partition coefficient (Wildman–Crippen LogP) is 1.74. The number of aromatic nitrogens is 4. The molecule has 0 radical (unpaired) electrons. The van der Waals surface area contributed by atoms with Gasteiger partial charge in [0.1, 0.15) is 0 Å². The Bertz CT molecular complexity index is 579. The van der Waals surface area contributed by atoms with E-state index >= 15 is 0 Å². The van der Waals surface area contributed by atoms with Crippen LogP contribution in [-0.2, 0) is 10.2 Å². The van der Waals surface area contributed by atoms with Crippen LogP contribution in [-0.4, -0.2) is 45.0 Å². The number of carbonyl (C=O) groups is 1. The van der Waals surface area contributed by atoms with Crippen molar-refractivity contribution < 1.29 is 4.79 Å². The molecule has 6 nitrogen and oxygen atoms in total. The Hall–Kier alpha value is -2.24. The van der Waals surface area contributed by atoms with E-state index in [1.165, 1.54) is 0 Å². The minimum atomic E-state index is -0.563. The summed E-state index contributed by atoms with van der Waals surface area (Å²) in [5.41, 5.74) is 0.446. The largest absolute Gasteiger partial charge is 0.344 e. The quantitative estimate of drug-likeness (QED) is 0.909. The molecule has 2 rings (SSSR count). The number of likely N-dealkylation sites (N-methyl/N-ethyl adjacent to an activating group) is 1. The number of hydrogen-bond acceptors (Lipinski definition) is 4. The van der Waals surface area contributed by atoms with Gasteiger partial charge in [0.25, 0.3) is 0 Å². The first-order valence-electron chi connectivity index (χ1n) is 6.97. The summed E-state index contributed by atoms with van der Waals surface area (Å²) >= 11 is 0. The predicted molar refractivity (Wildman–Crippen MR) is 79.7 cm³/mol. The van der Waals surface area contributed by atoms with E-state index in [0.29, 0.717) is 12.4 Å². The van der Waals surface area contributed by atoms with E-state index in [4.69, 9.17) is 0 Å². The monoisotopic (exact) mass is 287 g/mol. The van der Waals surface area contributed by atoms with Gasteiger partial charge in [-0.3, -0.25) is 4.79 Å². The maximum absolute atomic E-state index is 12.7. The molecule has 6 heteroatoms. The van der Waals surface area contributed by atoms with Crippen LogP contribution in [0, 0.1) is 0 Å². The molecular formula is C15H21N5O. The Morgan fingerprint density at radius 2 is 2.00 bits per heavy atom. The Morgan fingerprint density at radius 1 is 1.33 bits per heavy atom. The van der Waals surface area contributed by atoms with Gasteiger partial charge in [0.05, 0.1) is 5.41 Å². The van der Waals surface area contributed by atoms with E-state index in [1.54, 1.807) is 4.90 Å². The van der Waals surface area contributed by atoms with Crippen molar-refractivity contribution in [3.05, 3.63) is 41.7 Å². The zero-order valence-electron chi connectivity index (χ0n) is 12.9. The summed E-state index contributed by atoms with van der Waals surface area (Å²) < 4.78 is 0. The Balaban J connectivity index is 2.08. The first-order valence-corrected chi connectivity index (χ1v) is 6.97. The van der Waals surface area contributed by atoms with Crippen molar-refractivity contribution in [2.75, 3.05) is 13.6 Å². The summed E-state index contributed by atoms with van der Waals surface area (Å²) in [4.78, 5) is 14.5. The lowest BCUT2D eigenvalue weighted by Crippen LogP contribution is -2.42. The third kappa shape index (κ3) is 3.26. The fourth-order valence-corrected chi connectivity index (χ4v) is 2.41. The molecule has 2 aromatic rings. The van der Waals surface area contributed by atoms with Gasteiger partial charge in [-0.15, -0.1) is 10.2 Å².